The summed E-state index contributed by atoms with van der Waals surface area (Å²) in [6.07, 6.45) is 1.75. The zero-order valence-electron chi connectivity index (χ0n) is 16.2. The fraction of sp³-hybridized carbons (Fsp3) is 0.190. The van der Waals surface area contributed by atoms with E-state index in [1.165, 1.54) is 7.11 Å². The quantitative estimate of drug-likeness (QED) is 0.542. The van der Waals surface area contributed by atoms with E-state index >= 15 is 0 Å². The van der Waals surface area contributed by atoms with Crippen LogP contribution in [-0.2, 0) is 0 Å². The molecule has 0 bridgehead atoms. The molecular formula is C21H24N4O3. The second kappa shape index (κ2) is 9.91. The molecule has 7 heteroatoms. The molecule has 0 heterocycles. The number of rotatable bonds is 8. The maximum Gasteiger partial charge on any atom is 0.252 e. The zero-order chi connectivity index (χ0) is 20.5. The van der Waals surface area contributed by atoms with E-state index in [2.05, 4.69) is 22.0 Å². The van der Waals surface area contributed by atoms with Crippen molar-refractivity contribution in [3.05, 3.63) is 59.7 Å². The zero-order valence-corrected chi connectivity index (χ0v) is 16.2. The maximum absolute atomic E-state index is 11.6. The van der Waals surface area contributed by atoms with Gasteiger partial charge in [-0.15, -0.1) is 0 Å². The molecule has 0 aliphatic rings. The number of primary amides is 1. The summed E-state index contributed by atoms with van der Waals surface area (Å²) in [5.41, 5.74) is 7.72. The number of nitrogens with zero attached hydrogens (tertiary/aromatic N) is 2. The third-order valence-corrected chi connectivity index (χ3v) is 3.88. The Morgan fingerprint density at radius 3 is 2.57 bits per heavy atom. The van der Waals surface area contributed by atoms with E-state index in [1.807, 2.05) is 31.2 Å². The van der Waals surface area contributed by atoms with E-state index < -0.39 is 5.91 Å². The van der Waals surface area contributed by atoms with E-state index in [0.717, 1.165) is 5.56 Å². The molecule has 0 atom stereocenters. The van der Waals surface area contributed by atoms with Crippen molar-refractivity contribution in [2.24, 2.45) is 15.7 Å². The summed E-state index contributed by atoms with van der Waals surface area (Å²) in [5, 5.41) is 3.14. The van der Waals surface area contributed by atoms with Crippen molar-refractivity contribution in [3.63, 3.8) is 0 Å². The van der Waals surface area contributed by atoms with Crippen LogP contribution in [0.4, 0.5) is 5.69 Å². The SMILES string of the molecule is C=N/C(=C\C(=NC)Nc1ccc(OC)c(C(N)=O)c1)c1ccccc1OCC. The van der Waals surface area contributed by atoms with E-state index in [9.17, 15) is 4.79 Å². The highest BCUT2D eigenvalue weighted by atomic mass is 16.5. The van der Waals surface area contributed by atoms with Gasteiger partial charge in [-0.2, -0.15) is 0 Å². The molecule has 2 aromatic rings. The monoisotopic (exact) mass is 380 g/mol. The minimum atomic E-state index is -0.579. The number of anilines is 1. The Bertz CT molecular complexity index is 920. The fourth-order valence-corrected chi connectivity index (χ4v) is 2.58. The number of hydrogen-bond donors (Lipinski definition) is 2. The summed E-state index contributed by atoms with van der Waals surface area (Å²) in [6.45, 7) is 6.12. The number of methoxy groups -OCH3 is 1. The molecule has 0 fully saturated rings. The van der Waals surface area contributed by atoms with Gasteiger partial charge in [-0.1, -0.05) is 12.1 Å². The molecule has 3 N–H and O–H groups in total. The van der Waals surface area contributed by atoms with Crippen LogP contribution < -0.4 is 20.5 Å². The van der Waals surface area contributed by atoms with Crippen molar-refractivity contribution >= 4 is 29.8 Å². The lowest BCUT2D eigenvalue weighted by Gasteiger charge is -2.12. The first-order valence-corrected chi connectivity index (χ1v) is 8.66. The van der Waals surface area contributed by atoms with Crippen molar-refractivity contribution < 1.29 is 14.3 Å². The van der Waals surface area contributed by atoms with Crippen LogP contribution in [-0.4, -0.2) is 39.2 Å². The number of carbonyl (C=O) groups excluding carboxylic acids is 1. The summed E-state index contributed by atoms with van der Waals surface area (Å²) in [5.74, 6) is 1.06. The Labute approximate surface area is 164 Å². The summed E-state index contributed by atoms with van der Waals surface area (Å²) in [4.78, 5) is 20.0. The predicted molar refractivity (Wildman–Crippen MR) is 114 cm³/mol. The molecule has 0 spiro atoms. The summed E-state index contributed by atoms with van der Waals surface area (Å²) < 4.78 is 10.8. The largest absolute Gasteiger partial charge is 0.496 e. The number of ether oxygens (including phenoxy) is 2. The molecule has 0 aliphatic carbocycles. The number of para-hydroxylation sites is 1. The lowest BCUT2D eigenvalue weighted by Crippen LogP contribution is -2.14. The second-order valence-electron chi connectivity index (χ2n) is 5.63. The van der Waals surface area contributed by atoms with Gasteiger partial charge in [-0.25, -0.2) is 0 Å². The van der Waals surface area contributed by atoms with Crippen LogP contribution in [0, 0.1) is 0 Å². The predicted octanol–water partition coefficient (Wildman–Crippen LogP) is 3.37. The molecule has 146 valence electrons. The van der Waals surface area contributed by atoms with Crippen LogP contribution in [0.15, 0.2) is 58.5 Å². The second-order valence-corrected chi connectivity index (χ2v) is 5.63. The average molecular weight is 380 g/mol. The average Bonchev–Trinajstić information content (AvgIpc) is 2.71. The van der Waals surface area contributed by atoms with Crippen LogP contribution in [0.3, 0.4) is 0 Å². The van der Waals surface area contributed by atoms with Gasteiger partial charge in [0, 0.05) is 24.4 Å². The Balaban J connectivity index is 2.36. The molecule has 1 amide bonds. The van der Waals surface area contributed by atoms with Crippen molar-refractivity contribution in [2.75, 3.05) is 26.1 Å². The van der Waals surface area contributed by atoms with Crippen LogP contribution in [0.2, 0.25) is 0 Å². The molecule has 0 unspecified atom stereocenters. The molecule has 2 rings (SSSR count). The number of nitrogens with two attached hydrogens (primary N) is 1. The van der Waals surface area contributed by atoms with Gasteiger partial charge in [-0.3, -0.25) is 14.8 Å². The maximum atomic E-state index is 11.6. The molecule has 0 saturated carbocycles. The van der Waals surface area contributed by atoms with Gasteiger partial charge in [0.25, 0.3) is 5.91 Å². The molecule has 0 aliphatic heterocycles. The molecule has 0 radical (unpaired) electrons. The lowest BCUT2D eigenvalue weighted by atomic mass is 10.1. The van der Waals surface area contributed by atoms with Gasteiger partial charge >= 0.3 is 0 Å². The molecular weight excluding hydrogens is 356 g/mol. The Hall–Kier alpha value is -3.61. The third-order valence-electron chi connectivity index (χ3n) is 3.88. The molecule has 0 aromatic heterocycles. The normalized spacial score (nSPS) is 11.7. The highest BCUT2D eigenvalue weighted by molar-refractivity contribution is 6.09. The minimum Gasteiger partial charge on any atom is -0.496 e. The Kier molecular flexibility index (Phi) is 7.33. The molecule has 2 aromatic carbocycles. The van der Waals surface area contributed by atoms with E-state index in [1.54, 1.807) is 31.3 Å². The van der Waals surface area contributed by atoms with Gasteiger partial charge in [0.2, 0.25) is 0 Å². The first kappa shape index (κ1) is 20.7. The summed E-state index contributed by atoms with van der Waals surface area (Å²) in [7, 11) is 3.13. The van der Waals surface area contributed by atoms with Crippen LogP contribution in [0.5, 0.6) is 11.5 Å². The van der Waals surface area contributed by atoms with Crippen molar-refractivity contribution in [1.82, 2.24) is 0 Å². The number of aliphatic imine (C=N–C) groups is 2. The van der Waals surface area contributed by atoms with E-state index in [4.69, 9.17) is 15.2 Å². The smallest absolute Gasteiger partial charge is 0.252 e. The summed E-state index contributed by atoms with van der Waals surface area (Å²) in [6, 6.07) is 12.6. The number of amides is 1. The van der Waals surface area contributed by atoms with Crippen LogP contribution in [0.25, 0.3) is 5.70 Å². The van der Waals surface area contributed by atoms with E-state index in [-0.39, 0.29) is 5.56 Å². The van der Waals surface area contributed by atoms with Crippen LogP contribution in [0.1, 0.15) is 22.8 Å². The number of carbonyl (C=O) groups is 1. The number of amidine groups is 1. The first-order chi connectivity index (χ1) is 13.5. The van der Waals surface area contributed by atoms with Crippen molar-refractivity contribution in [3.8, 4) is 11.5 Å². The fourth-order valence-electron chi connectivity index (χ4n) is 2.58. The standard InChI is InChI=1S/C21H24N4O3/c1-5-28-19-9-7-6-8-15(19)17(23-2)13-20(24-3)25-14-10-11-18(27-4)16(12-14)21(22)26/h6-13H,2,5H2,1,3-4H3,(H2,22,26)(H,24,25)/b17-13-. The Morgan fingerprint density at radius 1 is 1.21 bits per heavy atom. The number of hydrogen-bond acceptors (Lipinski definition) is 5. The number of benzene rings is 2. The lowest BCUT2D eigenvalue weighted by molar-refractivity contribution is 0.0997. The van der Waals surface area contributed by atoms with Gasteiger partial charge < -0.3 is 20.5 Å². The first-order valence-electron chi connectivity index (χ1n) is 8.66. The van der Waals surface area contributed by atoms with Crippen molar-refractivity contribution in [1.29, 1.82) is 0 Å². The van der Waals surface area contributed by atoms with Crippen LogP contribution >= 0.6 is 0 Å². The highest BCUT2D eigenvalue weighted by Crippen LogP contribution is 2.27. The topological polar surface area (TPSA) is 98.3 Å². The molecule has 7 nitrogen and oxygen atoms in total. The van der Waals surface area contributed by atoms with Gasteiger partial charge in [0.15, 0.2) is 0 Å². The van der Waals surface area contributed by atoms with Crippen molar-refractivity contribution in [2.45, 2.75) is 6.92 Å². The molecule has 0 saturated heterocycles. The minimum absolute atomic E-state index is 0.274. The van der Waals surface area contributed by atoms with E-state index in [0.29, 0.717) is 35.3 Å². The Morgan fingerprint density at radius 2 is 1.96 bits per heavy atom. The van der Waals surface area contributed by atoms with Gasteiger partial charge in [0.1, 0.15) is 17.3 Å². The number of nitrogens with one attached hydrogen (secondary N) is 1. The van der Waals surface area contributed by atoms with Gasteiger partial charge in [0.05, 0.1) is 25.0 Å². The molecule has 28 heavy (non-hydrogen) atoms. The van der Waals surface area contributed by atoms with Gasteiger partial charge in [-0.05, 0) is 44.0 Å². The summed E-state index contributed by atoms with van der Waals surface area (Å²) >= 11 is 0. The highest BCUT2D eigenvalue weighted by Gasteiger charge is 2.12. The third kappa shape index (κ3) is 4.97.